The fraction of sp³-hybridized carbons (Fsp3) is 0. The number of benzene rings is 1. The Morgan fingerprint density at radius 1 is 1.15 bits per heavy atom. The number of aromatic nitrogens is 2. The molecule has 0 saturated heterocycles. The summed E-state index contributed by atoms with van der Waals surface area (Å²) in [5, 5.41) is 9.53. The maximum Gasteiger partial charge on any atom is 0.169 e. The molecule has 0 aromatic heterocycles. The highest BCUT2D eigenvalue weighted by Crippen LogP contribution is 2.31. The quantitative estimate of drug-likeness (QED) is 0.519. The highest BCUT2D eigenvalue weighted by Gasteiger charge is 2.11. The van der Waals surface area contributed by atoms with Crippen molar-refractivity contribution < 1.29 is 4.52 Å². The smallest absolute Gasteiger partial charge is 0.169 e. The molecule has 1 heterocycles. The van der Waals surface area contributed by atoms with Crippen LogP contribution >= 0.6 is 0 Å². The average Bonchev–Trinajstić information content (AvgIpc) is 2.56. The van der Waals surface area contributed by atoms with Gasteiger partial charge in [-0.25, -0.2) is 0 Å². The Hall–Kier alpha value is -1.90. The summed E-state index contributed by atoms with van der Waals surface area (Å²) < 4.78 is 5.04. The van der Waals surface area contributed by atoms with Crippen molar-refractivity contribution in [1.82, 2.24) is 10.4 Å². The summed E-state index contributed by atoms with van der Waals surface area (Å²) >= 11 is 0. The molecule has 0 atom stereocenters. The Morgan fingerprint density at radius 3 is 3.08 bits per heavy atom. The summed E-state index contributed by atoms with van der Waals surface area (Å²) in [5.74, 6) is 0.788. The van der Waals surface area contributed by atoms with Gasteiger partial charge in [-0.15, -0.1) is 5.10 Å². The van der Waals surface area contributed by atoms with Gasteiger partial charge in [0.25, 0.3) is 0 Å². The monoisotopic (exact) mass is 170 g/mol. The lowest BCUT2D eigenvalue weighted by molar-refractivity contribution is 0.372. The summed E-state index contributed by atoms with van der Waals surface area (Å²) in [6, 6.07) is 10.1. The molecule has 0 amide bonds. The molecule has 3 nitrogen and oxygen atoms in total. The van der Waals surface area contributed by atoms with Crippen LogP contribution in [0.1, 0.15) is 0 Å². The molecule has 0 saturated carbocycles. The molecule has 0 unspecified atom stereocenters. The molecule has 0 spiro atoms. The second-order valence-electron chi connectivity index (χ2n) is 2.93. The summed E-state index contributed by atoms with van der Waals surface area (Å²) in [6.45, 7) is 0. The predicted molar refractivity (Wildman–Crippen MR) is 48.4 cm³/mol. The minimum atomic E-state index is 0.788. The first-order valence-electron chi connectivity index (χ1n) is 4.04. The van der Waals surface area contributed by atoms with Crippen LogP contribution in [0.25, 0.3) is 22.1 Å². The van der Waals surface area contributed by atoms with Gasteiger partial charge < -0.3 is 4.52 Å². The zero-order chi connectivity index (χ0) is 8.67. The van der Waals surface area contributed by atoms with Crippen molar-refractivity contribution in [3.63, 3.8) is 0 Å². The van der Waals surface area contributed by atoms with E-state index in [1.807, 2.05) is 24.3 Å². The van der Waals surface area contributed by atoms with Gasteiger partial charge in [0.15, 0.2) is 5.76 Å². The number of hydrogen-bond acceptors (Lipinski definition) is 3. The molecular formula is C10H6N2O. The minimum Gasteiger partial charge on any atom is -0.339 e. The number of hydrogen-bond donors (Lipinski definition) is 0. The molecular weight excluding hydrogens is 164 g/mol. The molecule has 1 aliphatic carbocycles. The molecule has 1 aliphatic heterocycles. The van der Waals surface area contributed by atoms with Crippen molar-refractivity contribution in [2.24, 2.45) is 0 Å². The zero-order valence-electron chi connectivity index (χ0n) is 6.77. The SMILES string of the molecule is c1ccc2c3cnnoc-3cc2c1. The average molecular weight is 170 g/mol. The van der Waals surface area contributed by atoms with Crippen LogP contribution in [0.4, 0.5) is 0 Å². The molecule has 3 heteroatoms. The second kappa shape index (κ2) is 2.29. The van der Waals surface area contributed by atoms with E-state index >= 15 is 0 Å². The Labute approximate surface area is 74.3 Å². The molecule has 0 N–H and O–H groups in total. The Balaban J connectivity index is 2.56. The van der Waals surface area contributed by atoms with E-state index in [1.54, 1.807) is 6.20 Å². The maximum absolute atomic E-state index is 5.04. The van der Waals surface area contributed by atoms with Crippen molar-refractivity contribution in [2.45, 2.75) is 0 Å². The molecule has 62 valence electrons. The Kier molecular flexibility index (Phi) is 1.16. The maximum atomic E-state index is 5.04. The van der Waals surface area contributed by atoms with E-state index in [0.29, 0.717) is 0 Å². The van der Waals surface area contributed by atoms with E-state index in [1.165, 1.54) is 0 Å². The van der Waals surface area contributed by atoms with Crippen molar-refractivity contribution >= 4 is 10.8 Å². The van der Waals surface area contributed by atoms with Crippen molar-refractivity contribution in [3.8, 4) is 11.3 Å². The highest BCUT2D eigenvalue weighted by atomic mass is 16.5. The fourth-order valence-electron chi connectivity index (χ4n) is 1.58. The zero-order valence-corrected chi connectivity index (χ0v) is 6.77. The molecule has 2 aliphatic rings. The predicted octanol–water partition coefficient (Wildman–Crippen LogP) is 2.33. The van der Waals surface area contributed by atoms with Gasteiger partial charge in [0.2, 0.25) is 0 Å². The lowest BCUT2D eigenvalue weighted by Crippen LogP contribution is -1.80. The third kappa shape index (κ3) is 0.839. The number of nitrogens with zero attached hydrogens (tertiary/aromatic N) is 2. The summed E-state index contributed by atoms with van der Waals surface area (Å²) in [4.78, 5) is 0. The minimum absolute atomic E-state index is 0.788. The number of fused-ring (bicyclic) bond motifs is 3. The van der Waals surface area contributed by atoms with E-state index in [9.17, 15) is 0 Å². The Bertz CT molecular complexity index is 529. The molecule has 0 radical (unpaired) electrons. The fourth-order valence-corrected chi connectivity index (χ4v) is 1.58. The lowest BCUT2D eigenvalue weighted by Gasteiger charge is -1.92. The molecule has 13 heavy (non-hydrogen) atoms. The molecule has 1 aromatic carbocycles. The van der Waals surface area contributed by atoms with E-state index in [0.717, 1.165) is 22.1 Å². The van der Waals surface area contributed by atoms with Gasteiger partial charge in [-0.3, -0.25) is 0 Å². The summed E-state index contributed by atoms with van der Waals surface area (Å²) in [7, 11) is 0. The van der Waals surface area contributed by atoms with Crippen LogP contribution in [-0.4, -0.2) is 10.4 Å². The van der Waals surface area contributed by atoms with Gasteiger partial charge in [0.05, 0.1) is 6.20 Å². The molecule has 0 fully saturated rings. The van der Waals surface area contributed by atoms with Gasteiger partial charge >= 0.3 is 0 Å². The van der Waals surface area contributed by atoms with Crippen LogP contribution in [0.3, 0.4) is 0 Å². The van der Waals surface area contributed by atoms with Crippen molar-refractivity contribution in [3.05, 3.63) is 36.5 Å². The first kappa shape index (κ1) is 6.60. The van der Waals surface area contributed by atoms with Gasteiger partial charge in [0, 0.05) is 10.8 Å². The van der Waals surface area contributed by atoms with Crippen LogP contribution in [-0.2, 0) is 0 Å². The van der Waals surface area contributed by atoms with Crippen molar-refractivity contribution in [2.75, 3.05) is 0 Å². The van der Waals surface area contributed by atoms with Gasteiger partial charge in [-0.2, -0.15) is 0 Å². The topological polar surface area (TPSA) is 38.9 Å². The van der Waals surface area contributed by atoms with E-state index < -0.39 is 0 Å². The molecule has 0 bridgehead atoms. The summed E-state index contributed by atoms with van der Waals surface area (Å²) in [6.07, 6.45) is 1.72. The second-order valence-corrected chi connectivity index (χ2v) is 2.93. The van der Waals surface area contributed by atoms with Crippen LogP contribution in [0.5, 0.6) is 0 Å². The number of rotatable bonds is 0. The standard InChI is InChI=1S/C10H6N2O/c1-2-4-8-7(3-1)5-10-9(8)6-11-12-13-10/h1-6H. The van der Waals surface area contributed by atoms with Crippen molar-refractivity contribution in [1.29, 1.82) is 0 Å². The van der Waals surface area contributed by atoms with Crippen LogP contribution in [0, 0.1) is 0 Å². The van der Waals surface area contributed by atoms with E-state index in [-0.39, 0.29) is 0 Å². The highest BCUT2D eigenvalue weighted by molar-refractivity contribution is 5.99. The normalized spacial score (nSPS) is 11.1. The van der Waals surface area contributed by atoms with Gasteiger partial charge in [-0.1, -0.05) is 24.3 Å². The lowest BCUT2D eigenvalue weighted by atomic mass is 10.2. The van der Waals surface area contributed by atoms with E-state index in [4.69, 9.17) is 4.52 Å². The first-order valence-corrected chi connectivity index (χ1v) is 4.04. The first-order chi connectivity index (χ1) is 6.45. The van der Waals surface area contributed by atoms with Gasteiger partial charge in [-0.05, 0) is 16.8 Å². The summed E-state index contributed by atoms with van der Waals surface area (Å²) in [5.41, 5.74) is 1.02. The van der Waals surface area contributed by atoms with E-state index in [2.05, 4.69) is 16.4 Å². The van der Waals surface area contributed by atoms with Gasteiger partial charge in [0.1, 0.15) is 0 Å². The Morgan fingerprint density at radius 2 is 2.08 bits per heavy atom. The van der Waals surface area contributed by atoms with Crippen LogP contribution in [0.15, 0.2) is 41.1 Å². The third-order valence-corrected chi connectivity index (χ3v) is 2.18. The molecule has 3 rings (SSSR count). The van der Waals surface area contributed by atoms with Crippen LogP contribution in [0.2, 0.25) is 0 Å². The largest absolute Gasteiger partial charge is 0.339 e. The van der Waals surface area contributed by atoms with Crippen LogP contribution < -0.4 is 0 Å². The molecule has 1 aromatic rings. The third-order valence-electron chi connectivity index (χ3n) is 2.18.